The van der Waals surface area contributed by atoms with Gasteiger partial charge < -0.3 is 15.8 Å². The highest BCUT2D eigenvalue weighted by molar-refractivity contribution is 5.89. The summed E-state index contributed by atoms with van der Waals surface area (Å²) in [6.07, 6.45) is 0. The van der Waals surface area contributed by atoms with Gasteiger partial charge in [0.05, 0.1) is 12.2 Å². The summed E-state index contributed by atoms with van der Waals surface area (Å²) in [6, 6.07) is 7.39. The highest BCUT2D eigenvalue weighted by Crippen LogP contribution is 2.11. The first-order valence-corrected chi connectivity index (χ1v) is 5.41. The number of anilines is 1. The van der Waals surface area contributed by atoms with Gasteiger partial charge in [-0.2, -0.15) is 0 Å². The molecule has 1 unspecified atom stereocenters. The molecule has 0 heterocycles. The van der Waals surface area contributed by atoms with Gasteiger partial charge in [-0.1, -0.05) is 0 Å². The number of hydrogen-bond donors (Lipinski definition) is 2. The summed E-state index contributed by atoms with van der Waals surface area (Å²) >= 11 is 0. The first-order valence-electron chi connectivity index (χ1n) is 5.41. The zero-order valence-corrected chi connectivity index (χ0v) is 9.69. The molecule has 0 radical (unpaired) electrons. The Bertz CT molecular complexity index is 335. The number of nitrogens with one attached hydrogen (secondary N) is 1. The molecule has 0 saturated carbocycles. The Labute approximate surface area is 95.8 Å². The van der Waals surface area contributed by atoms with Crippen molar-refractivity contribution in [2.75, 3.05) is 18.5 Å². The van der Waals surface area contributed by atoms with Gasteiger partial charge in [0.15, 0.2) is 0 Å². The van der Waals surface area contributed by atoms with Crippen molar-refractivity contribution in [3.8, 4) is 0 Å². The fraction of sp³-hybridized carbons (Fsp3) is 0.417. The van der Waals surface area contributed by atoms with E-state index in [0.717, 1.165) is 5.69 Å². The van der Waals surface area contributed by atoms with Crippen molar-refractivity contribution >= 4 is 11.7 Å². The van der Waals surface area contributed by atoms with Crippen LogP contribution in [0.5, 0.6) is 0 Å². The lowest BCUT2D eigenvalue weighted by Crippen LogP contribution is -2.25. The molecule has 0 aliphatic carbocycles. The minimum absolute atomic E-state index is 0.216. The summed E-state index contributed by atoms with van der Waals surface area (Å²) in [5.74, 6) is -0.291. The Kier molecular flexibility index (Phi) is 4.79. The number of benzene rings is 1. The van der Waals surface area contributed by atoms with Gasteiger partial charge in [0.1, 0.15) is 0 Å². The lowest BCUT2D eigenvalue weighted by atomic mass is 10.2. The minimum atomic E-state index is -0.291. The molecule has 4 heteroatoms. The van der Waals surface area contributed by atoms with Crippen LogP contribution in [0.25, 0.3) is 0 Å². The molecule has 88 valence electrons. The first-order chi connectivity index (χ1) is 7.67. The van der Waals surface area contributed by atoms with E-state index in [1.165, 1.54) is 0 Å². The number of esters is 1. The molecule has 0 fully saturated rings. The van der Waals surface area contributed by atoms with Crippen LogP contribution in [0.3, 0.4) is 0 Å². The monoisotopic (exact) mass is 222 g/mol. The van der Waals surface area contributed by atoms with Crippen molar-refractivity contribution in [2.45, 2.75) is 19.9 Å². The Hall–Kier alpha value is -1.55. The fourth-order valence-corrected chi connectivity index (χ4v) is 1.26. The molecule has 1 rings (SSSR count). The van der Waals surface area contributed by atoms with E-state index >= 15 is 0 Å². The molecular formula is C12H18N2O2. The molecule has 0 bridgehead atoms. The molecule has 0 aliphatic rings. The Balaban J connectivity index is 2.64. The predicted octanol–water partition coefficient (Wildman–Crippen LogP) is 1.62. The Morgan fingerprint density at radius 1 is 1.44 bits per heavy atom. The third-order valence-electron chi connectivity index (χ3n) is 2.16. The second kappa shape index (κ2) is 6.12. The first kappa shape index (κ1) is 12.5. The maximum atomic E-state index is 11.4. The van der Waals surface area contributed by atoms with E-state index < -0.39 is 0 Å². The van der Waals surface area contributed by atoms with Gasteiger partial charge in [-0.3, -0.25) is 0 Å². The predicted molar refractivity (Wildman–Crippen MR) is 64.5 cm³/mol. The molecule has 16 heavy (non-hydrogen) atoms. The van der Waals surface area contributed by atoms with Gasteiger partial charge >= 0.3 is 5.97 Å². The average Bonchev–Trinajstić information content (AvgIpc) is 2.30. The van der Waals surface area contributed by atoms with Crippen molar-refractivity contribution in [3.05, 3.63) is 29.8 Å². The number of nitrogens with two attached hydrogens (primary N) is 1. The zero-order valence-electron chi connectivity index (χ0n) is 9.69. The quantitative estimate of drug-likeness (QED) is 0.743. The maximum absolute atomic E-state index is 11.4. The van der Waals surface area contributed by atoms with Gasteiger partial charge in [0.2, 0.25) is 0 Å². The van der Waals surface area contributed by atoms with E-state index in [9.17, 15) is 4.79 Å². The van der Waals surface area contributed by atoms with Crippen LogP contribution in [0.15, 0.2) is 24.3 Å². The van der Waals surface area contributed by atoms with E-state index in [4.69, 9.17) is 10.5 Å². The second-order valence-electron chi connectivity index (χ2n) is 3.58. The van der Waals surface area contributed by atoms with Crippen LogP contribution in [-0.2, 0) is 4.74 Å². The molecule has 0 aromatic heterocycles. The zero-order chi connectivity index (χ0) is 12.0. The van der Waals surface area contributed by atoms with Crippen LogP contribution in [-0.4, -0.2) is 25.2 Å². The van der Waals surface area contributed by atoms with Crippen LogP contribution in [0.2, 0.25) is 0 Å². The summed E-state index contributed by atoms with van der Waals surface area (Å²) < 4.78 is 4.89. The lowest BCUT2D eigenvalue weighted by molar-refractivity contribution is 0.0526. The molecule has 0 saturated heterocycles. The SMILES string of the molecule is CCOC(=O)c1ccc(NC(C)CN)cc1. The van der Waals surface area contributed by atoms with Crippen molar-refractivity contribution in [1.82, 2.24) is 0 Å². The van der Waals surface area contributed by atoms with Crippen molar-refractivity contribution < 1.29 is 9.53 Å². The van der Waals surface area contributed by atoms with Crippen LogP contribution >= 0.6 is 0 Å². The summed E-state index contributed by atoms with van der Waals surface area (Å²) in [6.45, 7) is 4.75. The normalized spacial score (nSPS) is 11.9. The molecule has 1 aromatic carbocycles. The van der Waals surface area contributed by atoms with Crippen LogP contribution < -0.4 is 11.1 Å². The summed E-state index contributed by atoms with van der Waals surface area (Å²) in [5.41, 5.74) is 7.01. The van der Waals surface area contributed by atoms with Gasteiger partial charge in [0.25, 0.3) is 0 Å². The number of ether oxygens (including phenoxy) is 1. The summed E-state index contributed by atoms with van der Waals surface area (Å²) in [4.78, 5) is 11.4. The van der Waals surface area contributed by atoms with Crippen molar-refractivity contribution in [2.24, 2.45) is 5.73 Å². The van der Waals surface area contributed by atoms with E-state index in [0.29, 0.717) is 18.7 Å². The third kappa shape index (κ3) is 3.55. The molecular weight excluding hydrogens is 204 g/mol. The standard InChI is InChI=1S/C12H18N2O2/c1-3-16-12(15)10-4-6-11(7-5-10)14-9(2)8-13/h4-7,9,14H,3,8,13H2,1-2H3. The number of rotatable bonds is 5. The average molecular weight is 222 g/mol. The molecule has 1 atom stereocenters. The number of hydrogen-bond acceptors (Lipinski definition) is 4. The highest BCUT2D eigenvalue weighted by atomic mass is 16.5. The molecule has 3 N–H and O–H groups in total. The molecule has 4 nitrogen and oxygen atoms in total. The fourth-order valence-electron chi connectivity index (χ4n) is 1.26. The van der Waals surface area contributed by atoms with Crippen molar-refractivity contribution in [1.29, 1.82) is 0 Å². The van der Waals surface area contributed by atoms with Gasteiger partial charge in [-0.05, 0) is 38.1 Å². The molecule has 0 spiro atoms. The van der Waals surface area contributed by atoms with E-state index in [2.05, 4.69) is 5.32 Å². The number of carbonyl (C=O) groups excluding carboxylic acids is 1. The van der Waals surface area contributed by atoms with Crippen molar-refractivity contribution in [3.63, 3.8) is 0 Å². The van der Waals surface area contributed by atoms with Gasteiger partial charge in [0, 0.05) is 18.3 Å². The van der Waals surface area contributed by atoms with Crippen LogP contribution in [0.1, 0.15) is 24.2 Å². The van der Waals surface area contributed by atoms with Crippen LogP contribution in [0.4, 0.5) is 5.69 Å². The smallest absolute Gasteiger partial charge is 0.338 e. The summed E-state index contributed by atoms with van der Waals surface area (Å²) in [5, 5.41) is 3.21. The largest absolute Gasteiger partial charge is 0.462 e. The Morgan fingerprint density at radius 2 is 2.06 bits per heavy atom. The maximum Gasteiger partial charge on any atom is 0.338 e. The van der Waals surface area contributed by atoms with E-state index in [1.54, 1.807) is 19.1 Å². The Morgan fingerprint density at radius 3 is 2.56 bits per heavy atom. The minimum Gasteiger partial charge on any atom is -0.462 e. The van der Waals surface area contributed by atoms with Gasteiger partial charge in [-0.15, -0.1) is 0 Å². The number of carbonyl (C=O) groups is 1. The van der Waals surface area contributed by atoms with Gasteiger partial charge in [-0.25, -0.2) is 4.79 Å². The molecule has 0 amide bonds. The van der Waals surface area contributed by atoms with E-state index in [1.807, 2.05) is 19.1 Å². The lowest BCUT2D eigenvalue weighted by Gasteiger charge is -2.12. The second-order valence-corrected chi connectivity index (χ2v) is 3.58. The third-order valence-corrected chi connectivity index (χ3v) is 2.16. The molecule has 0 aliphatic heterocycles. The topological polar surface area (TPSA) is 64.3 Å². The highest BCUT2D eigenvalue weighted by Gasteiger charge is 2.06. The van der Waals surface area contributed by atoms with Crippen LogP contribution in [0, 0.1) is 0 Å². The summed E-state index contributed by atoms with van der Waals surface area (Å²) in [7, 11) is 0. The molecule has 1 aromatic rings. The van der Waals surface area contributed by atoms with E-state index in [-0.39, 0.29) is 12.0 Å².